The second-order valence-electron chi connectivity index (χ2n) is 7.26. The molecule has 4 heterocycles. The Bertz CT molecular complexity index is 1170. The molecule has 9 heteroatoms. The number of hydrogen-bond acceptors (Lipinski definition) is 7. The summed E-state index contributed by atoms with van der Waals surface area (Å²) in [6.45, 7) is 5.65. The Balaban J connectivity index is 0.00000272. The van der Waals surface area contributed by atoms with Crippen molar-refractivity contribution in [3.05, 3.63) is 68.1 Å². The number of aromatic nitrogens is 3. The Morgan fingerprint density at radius 2 is 2.23 bits per heavy atom. The van der Waals surface area contributed by atoms with E-state index in [2.05, 4.69) is 20.3 Å². The number of anilines is 1. The lowest BCUT2D eigenvalue weighted by Crippen LogP contribution is -2.36. The molecule has 0 aromatic carbocycles. The van der Waals surface area contributed by atoms with Gasteiger partial charge >= 0.3 is 0 Å². The molecule has 3 aromatic rings. The highest BCUT2D eigenvalue weighted by Gasteiger charge is 2.23. The summed E-state index contributed by atoms with van der Waals surface area (Å²) in [5.41, 5.74) is 4.49. The van der Waals surface area contributed by atoms with Crippen molar-refractivity contribution in [2.75, 3.05) is 11.4 Å². The van der Waals surface area contributed by atoms with Crippen LogP contribution in [-0.2, 0) is 19.5 Å². The van der Waals surface area contributed by atoms with Gasteiger partial charge < -0.3 is 10.2 Å². The number of thiophene rings is 1. The van der Waals surface area contributed by atoms with Crippen molar-refractivity contribution in [3.63, 3.8) is 0 Å². The standard InChI is InChI=1S/C21H23N7OS.H2/c1-13-14(2)20(26-28(12-22)19(13)23)27-6-5-18-16(11-27)8-15(9-24-18)21(29)25-10-17-4-3-7-30-17;/h3-4,7-9,12,22-23H,5-6,10-11H2,1-2H3,(H,25,29);1H. The van der Waals surface area contributed by atoms with Crippen molar-refractivity contribution < 1.29 is 6.22 Å². The van der Waals surface area contributed by atoms with Crippen molar-refractivity contribution in [3.8, 4) is 0 Å². The first-order valence-electron chi connectivity index (χ1n) is 9.66. The van der Waals surface area contributed by atoms with Crippen LogP contribution in [0.25, 0.3) is 0 Å². The lowest BCUT2D eigenvalue weighted by Gasteiger charge is -2.31. The van der Waals surface area contributed by atoms with Gasteiger partial charge in [-0.25, -0.2) is 4.68 Å². The summed E-state index contributed by atoms with van der Waals surface area (Å²) in [7, 11) is 0. The van der Waals surface area contributed by atoms with Crippen molar-refractivity contribution >= 4 is 29.4 Å². The molecule has 156 valence electrons. The van der Waals surface area contributed by atoms with Crippen molar-refractivity contribution in [1.82, 2.24) is 20.1 Å². The fraction of sp³-hybridized carbons (Fsp3) is 0.286. The quantitative estimate of drug-likeness (QED) is 0.433. The maximum absolute atomic E-state index is 12.6. The number of pyridine rings is 1. The molecular weight excluding hydrogens is 398 g/mol. The van der Waals surface area contributed by atoms with Crippen LogP contribution >= 0.6 is 11.3 Å². The molecule has 4 rings (SSSR count). The van der Waals surface area contributed by atoms with E-state index in [4.69, 9.17) is 10.8 Å². The van der Waals surface area contributed by atoms with E-state index < -0.39 is 0 Å². The van der Waals surface area contributed by atoms with Crippen molar-refractivity contribution in [2.45, 2.75) is 33.4 Å². The molecule has 0 bridgehead atoms. The van der Waals surface area contributed by atoms with E-state index >= 15 is 0 Å². The van der Waals surface area contributed by atoms with Gasteiger partial charge in [-0.3, -0.25) is 20.6 Å². The summed E-state index contributed by atoms with van der Waals surface area (Å²) in [4.78, 5) is 20.3. The topological polar surface area (TPSA) is 111 Å². The molecule has 0 unspecified atom stereocenters. The first kappa shape index (κ1) is 20.0. The third-order valence-corrected chi connectivity index (χ3v) is 6.29. The van der Waals surface area contributed by atoms with Crippen LogP contribution in [0, 0.1) is 24.7 Å². The molecular formula is C21H25N7OS. The first-order valence-corrected chi connectivity index (χ1v) is 10.5. The van der Waals surface area contributed by atoms with Gasteiger partial charge in [0, 0.05) is 43.3 Å². The summed E-state index contributed by atoms with van der Waals surface area (Å²) >= 11 is 1.61. The second kappa shape index (κ2) is 8.19. The van der Waals surface area contributed by atoms with Crippen LogP contribution in [0.5, 0.6) is 0 Å². The lowest BCUT2D eigenvalue weighted by atomic mass is 10.0. The first-order chi connectivity index (χ1) is 14.5. The average molecular weight is 424 g/mol. The van der Waals surface area contributed by atoms with Crippen molar-refractivity contribution in [1.29, 1.82) is 10.8 Å². The molecule has 0 saturated carbocycles. The van der Waals surface area contributed by atoms with Crippen LogP contribution in [0.1, 0.15) is 39.0 Å². The van der Waals surface area contributed by atoms with E-state index in [0.29, 0.717) is 18.7 Å². The fourth-order valence-electron chi connectivity index (χ4n) is 3.55. The highest BCUT2D eigenvalue weighted by molar-refractivity contribution is 7.09. The number of fused-ring (bicyclic) bond motifs is 1. The van der Waals surface area contributed by atoms with E-state index in [1.165, 1.54) is 4.68 Å². The normalized spacial score (nSPS) is 13.1. The number of nitrogens with zero attached hydrogens (tertiary/aromatic N) is 4. The van der Waals surface area contributed by atoms with Gasteiger partial charge in [-0.05, 0) is 42.5 Å². The molecule has 8 nitrogen and oxygen atoms in total. The van der Waals surface area contributed by atoms with Crippen molar-refractivity contribution in [2.24, 2.45) is 0 Å². The Labute approximate surface area is 179 Å². The highest BCUT2D eigenvalue weighted by Crippen LogP contribution is 2.25. The minimum absolute atomic E-state index is 0. The van der Waals surface area contributed by atoms with Crippen LogP contribution < -0.4 is 15.7 Å². The van der Waals surface area contributed by atoms with Gasteiger partial charge in [-0.1, -0.05) is 6.07 Å². The van der Waals surface area contributed by atoms with Crippen LogP contribution in [0.2, 0.25) is 0 Å². The van der Waals surface area contributed by atoms with E-state index in [0.717, 1.165) is 52.4 Å². The van der Waals surface area contributed by atoms with E-state index in [1.807, 2.05) is 37.4 Å². The fourth-order valence-corrected chi connectivity index (χ4v) is 4.20. The van der Waals surface area contributed by atoms with Crippen LogP contribution in [-0.4, -0.2) is 33.6 Å². The lowest BCUT2D eigenvalue weighted by molar-refractivity contribution is 0.0950. The Kier molecular flexibility index (Phi) is 5.45. The number of rotatable bonds is 5. The minimum Gasteiger partial charge on any atom is -0.350 e. The predicted molar refractivity (Wildman–Crippen MR) is 118 cm³/mol. The number of carbonyl (C=O) groups is 1. The Morgan fingerprint density at radius 3 is 2.97 bits per heavy atom. The van der Waals surface area contributed by atoms with E-state index in [-0.39, 0.29) is 12.8 Å². The molecule has 1 aliphatic heterocycles. The van der Waals surface area contributed by atoms with E-state index in [9.17, 15) is 4.79 Å². The zero-order valence-electron chi connectivity index (χ0n) is 16.9. The van der Waals surface area contributed by atoms with Crippen LogP contribution in [0.3, 0.4) is 0 Å². The SMILES string of the molecule is Cc1c(N2CCc3ncc(C(=O)NCc4cccs4)cc3C2)nn(C=N)c(=N)c1C.[HH]. The smallest absolute Gasteiger partial charge is 0.253 e. The largest absolute Gasteiger partial charge is 0.350 e. The molecule has 0 aliphatic carbocycles. The second-order valence-corrected chi connectivity index (χ2v) is 8.29. The minimum atomic E-state index is -0.138. The predicted octanol–water partition coefficient (Wildman–Crippen LogP) is 2.63. The summed E-state index contributed by atoms with van der Waals surface area (Å²) < 4.78 is 1.28. The summed E-state index contributed by atoms with van der Waals surface area (Å²) in [6, 6.07) is 5.87. The molecule has 0 atom stereocenters. The van der Waals surface area contributed by atoms with Crippen LogP contribution in [0.15, 0.2) is 29.8 Å². The average Bonchev–Trinajstić information content (AvgIpc) is 3.29. The van der Waals surface area contributed by atoms with Gasteiger partial charge in [0.05, 0.1) is 12.1 Å². The highest BCUT2D eigenvalue weighted by atomic mass is 32.1. The molecule has 3 aromatic heterocycles. The van der Waals surface area contributed by atoms with Gasteiger partial charge in [0.25, 0.3) is 5.91 Å². The molecule has 0 spiro atoms. The number of amides is 1. The molecule has 30 heavy (non-hydrogen) atoms. The Morgan fingerprint density at radius 1 is 1.40 bits per heavy atom. The molecule has 3 N–H and O–H groups in total. The summed E-state index contributed by atoms with van der Waals surface area (Å²) in [6.07, 6.45) is 3.44. The maximum Gasteiger partial charge on any atom is 0.253 e. The number of hydrogen-bond donors (Lipinski definition) is 3. The monoisotopic (exact) mass is 423 g/mol. The van der Waals surface area contributed by atoms with Gasteiger partial charge in [0.1, 0.15) is 6.34 Å². The molecule has 0 saturated heterocycles. The Hall–Kier alpha value is -3.33. The van der Waals surface area contributed by atoms with Gasteiger partial charge in [-0.15, -0.1) is 16.4 Å². The van der Waals surface area contributed by atoms with Gasteiger partial charge in [0.15, 0.2) is 11.3 Å². The van der Waals surface area contributed by atoms with Crippen LogP contribution in [0.4, 0.5) is 5.82 Å². The summed E-state index contributed by atoms with van der Waals surface area (Å²) in [5.74, 6) is 0.617. The van der Waals surface area contributed by atoms with E-state index in [1.54, 1.807) is 17.5 Å². The molecule has 1 amide bonds. The molecule has 0 radical (unpaired) electrons. The summed E-state index contributed by atoms with van der Waals surface area (Å²) in [5, 5.41) is 25.0. The number of nitrogens with one attached hydrogen (secondary N) is 3. The zero-order valence-corrected chi connectivity index (χ0v) is 17.7. The number of carbonyl (C=O) groups excluding carboxylic acids is 1. The molecule has 0 fully saturated rings. The third kappa shape index (κ3) is 3.76. The molecule has 1 aliphatic rings. The zero-order chi connectivity index (χ0) is 21.3. The van der Waals surface area contributed by atoms with Gasteiger partial charge in [-0.2, -0.15) is 0 Å². The third-order valence-electron chi connectivity index (χ3n) is 5.41. The maximum atomic E-state index is 12.6. The van der Waals surface area contributed by atoms with Gasteiger partial charge in [0.2, 0.25) is 0 Å².